The molecule has 1 amide bonds. The fourth-order valence-corrected chi connectivity index (χ4v) is 3.66. The highest BCUT2D eigenvalue weighted by Crippen LogP contribution is 2.29. The molecule has 0 spiro atoms. The van der Waals surface area contributed by atoms with E-state index in [9.17, 15) is 4.79 Å². The van der Waals surface area contributed by atoms with E-state index in [4.69, 9.17) is 5.73 Å². The molecule has 2 rings (SSSR count). The van der Waals surface area contributed by atoms with Gasteiger partial charge in [-0.3, -0.25) is 4.79 Å². The monoisotopic (exact) mass is 266 g/mol. The normalized spacial score (nSPS) is 35.3. The predicted molar refractivity (Wildman–Crippen MR) is 78.7 cm³/mol. The van der Waals surface area contributed by atoms with E-state index in [1.165, 1.54) is 44.9 Å². The molecule has 0 heterocycles. The van der Waals surface area contributed by atoms with Crippen LogP contribution >= 0.6 is 0 Å². The van der Waals surface area contributed by atoms with Crippen molar-refractivity contribution >= 4 is 5.91 Å². The van der Waals surface area contributed by atoms with Crippen LogP contribution < -0.4 is 11.1 Å². The minimum atomic E-state index is 0.188. The molecule has 0 aromatic rings. The maximum Gasteiger partial charge on any atom is 0.223 e. The van der Waals surface area contributed by atoms with Crippen LogP contribution in [0.3, 0.4) is 0 Å². The molecule has 0 aliphatic heterocycles. The largest absolute Gasteiger partial charge is 0.353 e. The molecule has 110 valence electrons. The molecule has 0 aromatic carbocycles. The lowest BCUT2D eigenvalue weighted by Crippen LogP contribution is -2.40. The third-order valence-electron chi connectivity index (χ3n) is 5.00. The van der Waals surface area contributed by atoms with E-state index < -0.39 is 0 Å². The van der Waals surface area contributed by atoms with Gasteiger partial charge in [0.15, 0.2) is 0 Å². The number of nitrogens with one attached hydrogen (secondary N) is 1. The van der Waals surface area contributed by atoms with Crippen LogP contribution in [0.5, 0.6) is 0 Å². The van der Waals surface area contributed by atoms with Gasteiger partial charge in [0.05, 0.1) is 0 Å². The molecular formula is C16H30N2O. The molecule has 2 fully saturated rings. The molecule has 3 heteroatoms. The summed E-state index contributed by atoms with van der Waals surface area (Å²) in [5.41, 5.74) is 5.88. The smallest absolute Gasteiger partial charge is 0.223 e. The first kappa shape index (κ1) is 14.8. The summed E-state index contributed by atoms with van der Waals surface area (Å²) in [4.78, 5) is 12.1. The number of hydrogen-bond donors (Lipinski definition) is 2. The zero-order chi connectivity index (χ0) is 13.7. The van der Waals surface area contributed by atoms with Crippen LogP contribution in [0.1, 0.15) is 71.1 Å². The van der Waals surface area contributed by atoms with Gasteiger partial charge in [0, 0.05) is 18.0 Å². The average molecular weight is 266 g/mol. The van der Waals surface area contributed by atoms with Crippen LogP contribution in [0.4, 0.5) is 0 Å². The average Bonchev–Trinajstić information content (AvgIpc) is 2.85. The number of rotatable bonds is 5. The van der Waals surface area contributed by atoms with E-state index in [1.54, 1.807) is 0 Å². The number of unbranched alkanes of at least 4 members (excludes halogenated alkanes) is 1. The van der Waals surface area contributed by atoms with Gasteiger partial charge in [0.1, 0.15) is 0 Å². The van der Waals surface area contributed by atoms with E-state index in [2.05, 4.69) is 12.2 Å². The molecule has 2 aliphatic rings. The zero-order valence-electron chi connectivity index (χ0n) is 12.4. The molecule has 2 aliphatic carbocycles. The highest BCUT2D eigenvalue weighted by molar-refractivity contribution is 5.79. The molecule has 0 bridgehead atoms. The SMILES string of the molecule is CCCCC1CCC(NC(=O)C2CCC(N)C2)CC1. The van der Waals surface area contributed by atoms with E-state index >= 15 is 0 Å². The van der Waals surface area contributed by atoms with E-state index in [1.807, 2.05) is 0 Å². The van der Waals surface area contributed by atoms with Gasteiger partial charge in [-0.25, -0.2) is 0 Å². The Morgan fingerprint density at radius 3 is 2.47 bits per heavy atom. The second-order valence-electron chi connectivity index (χ2n) is 6.64. The summed E-state index contributed by atoms with van der Waals surface area (Å²) in [5.74, 6) is 1.37. The summed E-state index contributed by atoms with van der Waals surface area (Å²) in [6.45, 7) is 2.26. The van der Waals surface area contributed by atoms with Crippen molar-refractivity contribution in [3.05, 3.63) is 0 Å². The predicted octanol–water partition coefficient (Wildman–Crippen LogP) is 2.98. The quantitative estimate of drug-likeness (QED) is 0.803. The van der Waals surface area contributed by atoms with Crippen LogP contribution in [0.2, 0.25) is 0 Å². The van der Waals surface area contributed by atoms with Gasteiger partial charge < -0.3 is 11.1 Å². The summed E-state index contributed by atoms with van der Waals surface area (Å²) >= 11 is 0. The minimum absolute atomic E-state index is 0.188. The number of nitrogens with two attached hydrogens (primary N) is 1. The summed E-state index contributed by atoms with van der Waals surface area (Å²) in [7, 11) is 0. The second kappa shape index (κ2) is 7.28. The van der Waals surface area contributed by atoms with Gasteiger partial charge in [-0.05, 0) is 50.9 Å². The molecule has 2 saturated carbocycles. The Bertz CT molecular complexity index is 284. The van der Waals surface area contributed by atoms with E-state index in [-0.39, 0.29) is 17.9 Å². The molecule has 0 aromatic heterocycles. The Morgan fingerprint density at radius 2 is 1.89 bits per heavy atom. The maximum absolute atomic E-state index is 12.1. The van der Waals surface area contributed by atoms with Crippen molar-refractivity contribution in [3.63, 3.8) is 0 Å². The standard InChI is InChI=1S/C16H30N2O/c1-2-3-4-12-5-9-15(10-6-12)18-16(19)13-7-8-14(17)11-13/h12-15H,2-11,17H2,1H3,(H,18,19). The molecule has 2 atom stereocenters. The molecular weight excluding hydrogens is 236 g/mol. The van der Waals surface area contributed by atoms with Crippen molar-refractivity contribution in [3.8, 4) is 0 Å². The number of carbonyl (C=O) groups is 1. The fraction of sp³-hybridized carbons (Fsp3) is 0.938. The Hall–Kier alpha value is -0.570. The van der Waals surface area contributed by atoms with Crippen LogP contribution in [-0.4, -0.2) is 18.0 Å². The van der Waals surface area contributed by atoms with Crippen molar-refractivity contribution < 1.29 is 4.79 Å². The van der Waals surface area contributed by atoms with Gasteiger partial charge in [-0.1, -0.05) is 26.2 Å². The van der Waals surface area contributed by atoms with Crippen molar-refractivity contribution in [2.45, 2.75) is 83.2 Å². The van der Waals surface area contributed by atoms with Crippen molar-refractivity contribution in [1.82, 2.24) is 5.32 Å². The van der Waals surface area contributed by atoms with Gasteiger partial charge in [-0.15, -0.1) is 0 Å². The third-order valence-corrected chi connectivity index (χ3v) is 5.00. The second-order valence-corrected chi connectivity index (χ2v) is 6.64. The van der Waals surface area contributed by atoms with E-state index in [0.717, 1.165) is 25.2 Å². The van der Waals surface area contributed by atoms with Crippen LogP contribution in [-0.2, 0) is 4.79 Å². The first-order valence-electron chi connectivity index (χ1n) is 8.25. The third kappa shape index (κ3) is 4.48. The highest BCUT2D eigenvalue weighted by Gasteiger charge is 2.30. The number of amides is 1. The Labute approximate surface area is 117 Å². The first-order chi connectivity index (χ1) is 9.19. The lowest BCUT2D eigenvalue weighted by Gasteiger charge is -2.29. The number of carbonyl (C=O) groups excluding carboxylic acids is 1. The van der Waals surface area contributed by atoms with Crippen molar-refractivity contribution in [2.24, 2.45) is 17.6 Å². The maximum atomic E-state index is 12.1. The Morgan fingerprint density at radius 1 is 1.16 bits per heavy atom. The number of hydrogen-bond acceptors (Lipinski definition) is 2. The lowest BCUT2D eigenvalue weighted by molar-refractivity contribution is -0.125. The molecule has 3 nitrogen and oxygen atoms in total. The highest BCUT2D eigenvalue weighted by atomic mass is 16.1. The van der Waals surface area contributed by atoms with Crippen LogP contribution in [0, 0.1) is 11.8 Å². The van der Waals surface area contributed by atoms with Crippen LogP contribution in [0.15, 0.2) is 0 Å². The topological polar surface area (TPSA) is 55.1 Å². The van der Waals surface area contributed by atoms with Gasteiger partial charge in [0.2, 0.25) is 5.91 Å². The summed E-state index contributed by atoms with van der Waals surface area (Å²) in [5, 5.41) is 3.26. The van der Waals surface area contributed by atoms with Gasteiger partial charge >= 0.3 is 0 Å². The molecule has 2 unspecified atom stereocenters. The molecule has 0 saturated heterocycles. The van der Waals surface area contributed by atoms with Crippen molar-refractivity contribution in [2.75, 3.05) is 0 Å². The minimum Gasteiger partial charge on any atom is -0.353 e. The van der Waals surface area contributed by atoms with Gasteiger partial charge in [-0.2, -0.15) is 0 Å². The summed E-state index contributed by atoms with van der Waals surface area (Å²) in [6, 6.07) is 0.683. The molecule has 3 N–H and O–H groups in total. The molecule has 0 radical (unpaired) electrons. The first-order valence-corrected chi connectivity index (χ1v) is 8.25. The molecule has 19 heavy (non-hydrogen) atoms. The van der Waals surface area contributed by atoms with Crippen molar-refractivity contribution in [1.29, 1.82) is 0 Å². The Kier molecular flexibility index (Phi) is 5.68. The fourth-order valence-electron chi connectivity index (χ4n) is 3.66. The Balaban J connectivity index is 1.66. The lowest BCUT2D eigenvalue weighted by atomic mass is 9.83. The van der Waals surface area contributed by atoms with Crippen LogP contribution in [0.25, 0.3) is 0 Å². The zero-order valence-corrected chi connectivity index (χ0v) is 12.4. The summed E-state index contributed by atoms with van der Waals surface area (Å²) < 4.78 is 0. The van der Waals surface area contributed by atoms with E-state index in [0.29, 0.717) is 6.04 Å². The van der Waals surface area contributed by atoms with Gasteiger partial charge in [0.25, 0.3) is 0 Å². The summed E-state index contributed by atoms with van der Waals surface area (Å²) in [6.07, 6.45) is 11.9.